The van der Waals surface area contributed by atoms with Crippen molar-refractivity contribution < 1.29 is 19.4 Å². The van der Waals surface area contributed by atoms with Gasteiger partial charge in [-0.3, -0.25) is 4.79 Å². The number of ether oxygens (including phenoxy) is 2. The van der Waals surface area contributed by atoms with Crippen LogP contribution >= 0.6 is 0 Å². The van der Waals surface area contributed by atoms with Crippen molar-refractivity contribution in [3.63, 3.8) is 0 Å². The molecule has 3 aromatic rings. The van der Waals surface area contributed by atoms with E-state index in [-0.39, 0.29) is 12.3 Å². The summed E-state index contributed by atoms with van der Waals surface area (Å²) < 4.78 is 10.6. The van der Waals surface area contributed by atoms with Crippen LogP contribution in [-0.4, -0.2) is 30.3 Å². The molecule has 2 aromatic carbocycles. The number of aromatic amines is 1. The fourth-order valence-corrected chi connectivity index (χ4v) is 2.99. The Labute approximate surface area is 139 Å². The molecule has 5 heteroatoms. The average molecular weight is 325 g/mol. The molecule has 0 saturated carbocycles. The predicted molar refractivity (Wildman–Crippen MR) is 91.9 cm³/mol. The van der Waals surface area contributed by atoms with Crippen LogP contribution in [0, 0.1) is 0 Å². The van der Waals surface area contributed by atoms with E-state index >= 15 is 0 Å². The van der Waals surface area contributed by atoms with Gasteiger partial charge in [-0.1, -0.05) is 18.2 Å². The van der Waals surface area contributed by atoms with Crippen LogP contribution in [0.4, 0.5) is 0 Å². The number of hydrogen-bond acceptors (Lipinski definition) is 3. The van der Waals surface area contributed by atoms with Crippen molar-refractivity contribution in [2.45, 2.75) is 12.3 Å². The highest BCUT2D eigenvalue weighted by molar-refractivity contribution is 5.85. The van der Waals surface area contributed by atoms with Gasteiger partial charge in [0.05, 0.1) is 20.6 Å². The van der Waals surface area contributed by atoms with E-state index in [1.165, 1.54) is 0 Å². The minimum Gasteiger partial charge on any atom is -0.497 e. The fraction of sp³-hybridized carbons (Fsp3) is 0.211. The van der Waals surface area contributed by atoms with Gasteiger partial charge in [0.2, 0.25) is 0 Å². The van der Waals surface area contributed by atoms with Crippen LogP contribution in [0.2, 0.25) is 0 Å². The zero-order chi connectivity index (χ0) is 17.1. The third-order valence-electron chi connectivity index (χ3n) is 4.15. The minimum atomic E-state index is -0.855. The van der Waals surface area contributed by atoms with Gasteiger partial charge in [0, 0.05) is 29.1 Å². The SMILES string of the molecule is COc1cc(OC)cc(C(CC(=O)O)c2c[nH]c3ccccc23)c1. The summed E-state index contributed by atoms with van der Waals surface area (Å²) in [6.45, 7) is 0. The quantitative estimate of drug-likeness (QED) is 0.723. The van der Waals surface area contributed by atoms with E-state index in [0.29, 0.717) is 11.5 Å². The molecule has 0 amide bonds. The molecule has 0 aliphatic heterocycles. The summed E-state index contributed by atoms with van der Waals surface area (Å²) in [5, 5.41) is 10.4. The normalized spacial score (nSPS) is 12.1. The van der Waals surface area contributed by atoms with E-state index in [9.17, 15) is 9.90 Å². The van der Waals surface area contributed by atoms with Crippen LogP contribution in [0.3, 0.4) is 0 Å². The zero-order valence-electron chi connectivity index (χ0n) is 13.6. The summed E-state index contributed by atoms with van der Waals surface area (Å²) in [6, 6.07) is 13.4. The maximum Gasteiger partial charge on any atom is 0.304 e. The number of fused-ring (bicyclic) bond motifs is 1. The lowest BCUT2D eigenvalue weighted by Crippen LogP contribution is -2.08. The number of benzene rings is 2. The number of carbonyl (C=O) groups is 1. The monoisotopic (exact) mass is 325 g/mol. The fourth-order valence-electron chi connectivity index (χ4n) is 2.99. The Hall–Kier alpha value is -2.95. The van der Waals surface area contributed by atoms with E-state index in [1.807, 2.05) is 42.6 Å². The van der Waals surface area contributed by atoms with E-state index < -0.39 is 5.97 Å². The van der Waals surface area contributed by atoms with E-state index in [4.69, 9.17) is 9.47 Å². The van der Waals surface area contributed by atoms with E-state index in [1.54, 1.807) is 20.3 Å². The highest BCUT2D eigenvalue weighted by Gasteiger charge is 2.22. The first kappa shape index (κ1) is 15.9. The Morgan fingerprint density at radius 1 is 1.12 bits per heavy atom. The van der Waals surface area contributed by atoms with Crippen molar-refractivity contribution in [2.24, 2.45) is 0 Å². The Morgan fingerprint density at radius 3 is 2.42 bits per heavy atom. The largest absolute Gasteiger partial charge is 0.497 e. The lowest BCUT2D eigenvalue weighted by molar-refractivity contribution is -0.137. The molecule has 1 atom stereocenters. The van der Waals surface area contributed by atoms with Crippen molar-refractivity contribution in [3.8, 4) is 11.5 Å². The number of carboxylic acid groups (broad SMARTS) is 1. The van der Waals surface area contributed by atoms with Crippen molar-refractivity contribution in [1.29, 1.82) is 0 Å². The summed E-state index contributed by atoms with van der Waals surface area (Å²) in [7, 11) is 3.16. The molecule has 24 heavy (non-hydrogen) atoms. The van der Waals surface area contributed by atoms with Gasteiger partial charge in [-0.05, 0) is 29.3 Å². The van der Waals surface area contributed by atoms with Crippen molar-refractivity contribution in [2.75, 3.05) is 14.2 Å². The van der Waals surface area contributed by atoms with Gasteiger partial charge < -0.3 is 19.6 Å². The second-order valence-corrected chi connectivity index (χ2v) is 5.59. The maximum absolute atomic E-state index is 11.5. The molecule has 0 radical (unpaired) electrons. The lowest BCUT2D eigenvalue weighted by atomic mass is 9.88. The van der Waals surface area contributed by atoms with Gasteiger partial charge in [-0.2, -0.15) is 0 Å². The van der Waals surface area contributed by atoms with Gasteiger partial charge in [0.25, 0.3) is 0 Å². The van der Waals surface area contributed by atoms with Crippen LogP contribution in [0.15, 0.2) is 48.7 Å². The first-order chi connectivity index (χ1) is 11.6. The number of aromatic nitrogens is 1. The second-order valence-electron chi connectivity index (χ2n) is 5.59. The van der Waals surface area contributed by atoms with E-state index in [0.717, 1.165) is 22.0 Å². The molecular weight excluding hydrogens is 306 g/mol. The van der Waals surface area contributed by atoms with Crippen LogP contribution in [0.25, 0.3) is 10.9 Å². The third-order valence-corrected chi connectivity index (χ3v) is 4.15. The summed E-state index contributed by atoms with van der Waals surface area (Å²) >= 11 is 0. The molecule has 1 unspecified atom stereocenters. The molecule has 1 heterocycles. The smallest absolute Gasteiger partial charge is 0.304 e. The number of nitrogens with one attached hydrogen (secondary N) is 1. The van der Waals surface area contributed by atoms with Crippen LogP contribution in [-0.2, 0) is 4.79 Å². The molecule has 0 aliphatic rings. The number of rotatable bonds is 6. The molecule has 0 spiro atoms. The van der Waals surface area contributed by atoms with Gasteiger partial charge in [0.1, 0.15) is 11.5 Å². The second kappa shape index (κ2) is 6.66. The maximum atomic E-state index is 11.5. The first-order valence-electron chi connectivity index (χ1n) is 7.63. The summed E-state index contributed by atoms with van der Waals surface area (Å²) in [5.41, 5.74) is 2.78. The standard InChI is InChI=1S/C19H19NO4/c1-23-13-7-12(8-14(9-13)24-2)16(10-19(21)22)17-11-20-18-6-4-3-5-15(17)18/h3-9,11,16,20H,10H2,1-2H3,(H,21,22). The van der Waals surface area contributed by atoms with Crippen LogP contribution in [0.5, 0.6) is 11.5 Å². The lowest BCUT2D eigenvalue weighted by Gasteiger charge is -2.17. The molecule has 1 aromatic heterocycles. The Bertz CT molecular complexity index is 846. The van der Waals surface area contributed by atoms with Crippen molar-refractivity contribution >= 4 is 16.9 Å². The van der Waals surface area contributed by atoms with E-state index in [2.05, 4.69) is 4.98 Å². The number of H-pyrrole nitrogens is 1. The minimum absolute atomic E-state index is 0.0157. The summed E-state index contributed by atoms with van der Waals surface area (Å²) in [5.74, 6) is 0.119. The molecule has 5 nitrogen and oxygen atoms in total. The highest BCUT2D eigenvalue weighted by atomic mass is 16.5. The Balaban J connectivity index is 2.15. The average Bonchev–Trinajstić information content (AvgIpc) is 3.02. The number of para-hydroxylation sites is 1. The molecule has 3 rings (SSSR count). The molecule has 0 saturated heterocycles. The number of hydrogen-bond donors (Lipinski definition) is 2. The molecule has 124 valence electrons. The molecule has 2 N–H and O–H groups in total. The number of carboxylic acids is 1. The molecule has 0 bridgehead atoms. The van der Waals surface area contributed by atoms with Gasteiger partial charge >= 0.3 is 5.97 Å². The van der Waals surface area contributed by atoms with Crippen LogP contribution in [0.1, 0.15) is 23.5 Å². The van der Waals surface area contributed by atoms with Gasteiger partial charge in [-0.15, -0.1) is 0 Å². The van der Waals surface area contributed by atoms with Crippen molar-refractivity contribution in [3.05, 3.63) is 59.8 Å². The number of aliphatic carboxylic acids is 1. The van der Waals surface area contributed by atoms with Crippen LogP contribution < -0.4 is 9.47 Å². The summed E-state index contributed by atoms with van der Waals surface area (Å²) in [6.07, 6.45) is 1.86. The summed E-state index contributed by atoms with van der Waals surface area (Å²) in [4.78, 5) is 14.7. The predicted octanol–water partition coefficient (Wildman–Crippen LogP) is 3.79. The molecular formula is C19H19NO4. The highest BCUT2D eigenvalue weighted by Crippen LogP contribution is 2.36. The first-order valence-corrected chi connectivity index (χ1v) is 7.63. The number of methoxy groups -OCH3 is 2. The van der Waals surface area contributed by atoms with Crippen molar-refractivity contribution in [1.82, 2.24) is 4.98 Å². The van der Waals surface area contributed by atoms with Gasteiger partial charge in [-0.25, -0.2) is 0 Å². The molecule has 0 aliphatic carbocycles. The van der Waals surface area contributed by atoms with Gasteiger partial charge in [0.15, 0.2) is 0 Å². The topological polar surface area (TPSA) is 71.6 Å². The third kappa shape index (κ3) is 3.06. The Morgan fingerprint density at radius 2 is 1.79 bits per heavy atom. The Kier molecular flexibility index (Phi) is 4.42. The molecule has 0 fully saturated rings. The zero-order valence-corrected chi connectivity index (χ0v) is 13.6.